The Morgan fingerprint density at radius 3 is 2.70 bits per heavy atom. The fourth-order valence-corrected chi connectivity index (χ4v) is 7.18. The summed E-state index contributed by atoms with van der Waals surface area (Å²) in [4.78, 5) is 33.8. The number of fused-ring (bicyclic) bond motifs is 3. The Hall–Kier alpha value is -2.84. The van der Waals surface area contributed by atoms with E-state index in [9.17, 15) is 9.59 Å². The highest BCUT2D eigenvalue weighted by molar-refractivity contribution is 7.99. The molecule has 0 amide bonds. The van der Waals surface area contributed by atoms with Crippen molar-refractivity contribution in [3.8, 4) is 17.0 Å². The van der Waals surface area contributed by atoms with E-state index in [4.69, 9.17) is 32.6 Å². The number of thioether (sulfide) groups is 1. The van der Waals surface area contributed by atoms with E-state index in [-0.39, 0.29) is 22.9 Å². The molecule has 0 radical (unpaired) electrons. The molecule has 0 saturated heterocycles. The fourth-order valence-electron chi connectivity index (χ4n) is 4.61. The van der Waals surface area contributed by atoms with Crippen LogP contribution in [0.2, 0.25) is 10.0 Å². The summed E-state index contributed by atoms with van der Waals surface area (Å²) in [5.41, 5.74) is 2.40. The number of benzene rings is 2. The summed E-state index contributed by atoms with van der Waals surface area (Å²) in [6, 6.07) is 17.9. The van der Waals surface area contributed by atoms with Crippen LogP contribution in [0.5, 0.6) is 0 Å². The van der Waals surface area contributed by atoms with Crippen LogP contribution in [-0.2, 0) is 12.8 Å². The molecule has 1 aliphatic carbocycles. The highest BCUT2D eigenvalue weighted by Crippen LogP contribution is 2.36. The number of furan rings is 1. The maximum absolute atomic E-state index is 13.8. The Labute approximate surface area is 231 Å². The number of aryl methyl sites for hydroxylation is 2. The van der Waals surface area contributed by atoms with Gasteiger partial charge >= 0.3 is 0 Å². The monoisotopic (exact) mass is 566 g/mol. The zero-order chi connectivity index (χ0) is 25.5. The number of hydrogen-bond donors (Lipinski definition) is 0. The number of para-hydroxylation sites is 1. The Morgan fingerprint density at radius 1 is 1.05 bits per heavy atom. The molecular weight excluding hydrogens is 547 g/mol. The number of Topliss-reactive ketones (excluding diaryl/α,β-unsaturated/α-hetero) is 1. The summed E-state index contributed by atoms with van der Waals surface area (Å²) in [5, 5.41) is 2.21. The van der Waals surface area contributed by atoms with Gasteiger partial charge in [-0.2, -0.15) is 0 Å². The van der Waals surface area contributed by atoms with Crippen LogP contribution in [-0.4, -0.2) is 21.1 Å². The van der Waals surface area contributed by atoms with Gasteiger partial charge in [-0.3, -0.25) is 14.2 Å². The minimum absolute atomic E-state index is 0.0616. The quantitative estimate of drug-likeness (QED) is 0.119. The Morgan fingerprint density at radius 2 is 1.86 bits per heavy atom. The van der Waals surface area contributed by atoms with Gasteiger partial charge in [-0.15, -0.1) is 11.3 Å². The largest absolute Gasteiger partial charge is 0.453 e. The second-order valence-corrected chi connectivity index (χ2v) is 11.6. The molecule has 0 unspecified atom stereocenters. The molecule has 0 aliphatic heterocycles. The lowest BCUT2D eigenvalue weighted by atomic mass is 9.97. The number of hydrogen-bond acceptors (Lipinski definition) is 6. The van der Waals surface area contributed by atoms with Crippen molar-refractivity contribution >= 4 is 62.3 Å². The van der Waals surface area contributed by atoms with Crippen molar-refractivity contribution in [1.82, 2.24) is 9.55 Å². The molecule has 2 aromatic carbocycles. The van der Waals surface area contributed by atoms with Crippen LogP contribution >= 0.6 is 46.3 Å². The van der Waals surface area contributed by atoms with E-state index < -0.39 is 0 Å². The lowest BCUT2D eigenvalue weighted by Gasteiger charge is -2.13. The first-order chi connectivity index (χ1) is 18.0. The van der Waals surface area contributed by atoms with Gasteiger partial charge < -0.3 is 4.42 Å². The molecule has 6 rings (SSSR count). The number of nitrogens with zero attached hydrogens (tertiary/aromatic N) is 2. The van der Waals surface area contributed by atoms with Crippen molar-refractivity contribution in [1.29, 1.82) is 0 Å². The number of aromatic nitrogens is 2. The molecule has 9 heteroatoms. The first kappa shape index (κ1) is 24.5. The third-order valence-electron chi connectivity index (χ3n) is 6.38. The summed E-state index contributed by atoms with van der Waals surface area (Å²) in [6.45, 7) is 0. The zero-order valence-electron chi connectivity index (χ0n) is 19.5. The van der Waals surface area contributed by atoms with E-state index in [1.807, 2.05) is 30.3 Å². The van der Waals surface area contributed by atoms with Crippen molar-refractivity contribution in [2.24, 2.45) is 0 Å². The first-order valence-electron chi connectivity index (χ1n) is 11.8. The summed E-state index contributed by atoms with van der Waals surface area (Å²) < 4.78 is 7.45. The first-order valence-corrected chi connectivity index (χ1v) is 14.4. The molecule has 186 valence electrons. The highest BCUT2D eigenvalue weighted by Gasteiger charge is 2.24. The molecule has 1 aliphatic rings. The van der Waals surface area contributed by atoms with Gasteiger partial charge in [-0.05, 0) is 73.7 Å². The number of carbonyl (C=O) groups is 1. The molecule has 0 bridgehead atoms. The van der Waals surface area contributed by atoms with Crippen LogP contribution in [0.4, 0.5) is 0 Å². The lowest BCUT2D eigenvalue weighted by Crippen LogP contribution is -2.22. The van der Waals surface area contributed by atoms with Gasteiger partial charge in [0.25, 0.3) is 5.56 Å². The Kier molecular flexibility index (Phi) is 6.71. The number of ketones is 1. The molecule has 3 aromatic heterocycles. The van der Waals surface area contributed by atoms with Crippen LogP contribution in [0.3, 0.4) is 0 Å². The van der Waals surface area contributed by atoms with Crippen molar-refractivity contribution in [2.45, 2.75) is 30.8 Å². The van der Waals surface area contributed by atoms with Gasteiger partial charge in [0.15, 0.2) is 10.9 Å². The average Bonchev–Trinajstić information content (AvgIpc) is 3.54. The highest BCUT2D eigenvalue weighted by atomic mass is 35.5. The molecule has 0 saturated carbocycles. The summed E-state index contributed by atoms with van der Waals surface area (Å²) in [5.74, 6) is 0.519. The summed E-state index contributed by atoms with van der Waals surface area (Å²) in [7, 11) is 0. The second kappa shape index (κ2) is 10.1. The Balaban J connectivity index is 1.34. The lowest BCUT2D eigenvalue weighted by molar-refractivity contribution is 0.0993. The fraction of sp³-hybridized carbons (Fsp3) is 0.179. The zero-order valence-corrected chi connectivity index (χ0v) is 22.6. The predicted molar refractivity (Wildman–Crippen MR) is 151 cm³/mol. The molecule has 0 N–H and O–H groups in total. The van der Waals surface area contributed by atoms with Crippen molar-refractivity contribution in [3.63, 3.8) is 0 Å². The molecule has 0 atom stereocenters. The van der Waals surface area contributed by atoms with Gasteiger partial charge in [-0.25, -0.2) is 4.98 Å². The maximum atomic E-state index is 13.8. The molecule has 37 heavy (non-hydrogen) atoms. The number of rotatable bonds is 6. The second-order valence-electron chi connectivity index (χ2n) is 8.76. The van der Waals surface area contributed by atoms with E-state index >= 15 is 0 Å². The minimum Gasteiger partial charge on any atom is -0.453 e. The van der Waals surface area contributed by atoms with Gasteiger partial charge in [0.1, 0.15) is 10.6 Å². The van der Waals surface area contributed by atoms with Gasteiger partial charge in [0.05, 0.1) is 21.8 Å². The van der Waals surface area contributed by atoms with Crippen LogP contribution in [0.15, 0.2) is 75.0 Å². The van der Waals surface area contributed by atoms with Crippen molar-refractivity contribution < 1.29 is 9.21 Å². The van der Waals surface area contributed by atoms with E-state index in [1.54, 1.807) is 46.2 Å². The SMILES string of the molecule is O=C(CSc1nc2sc3c(c2c(=O)n1-c1ccccc1)CCCC3)c1ccc(-c2cc(Cl)ccc2Cl)o1. The van der Waals surface area contributed by atoms with Crippen LogP contribution < -0.4 is 5.56 Å². The average molecular weight is 568 g/mol. The van der Waals surface area contributed by atoms with Crippen molar-refractivity contribution in [2.75, 3.05) is 5.75 Å². The van der Waals surface area contributed by atoms with Crippen LogP contribution in [0.25, 0.3) is 27.2 Å². The maximum Gasteiger partial charge on any atom is 0.267 e. The number of thiophene rings is 1. The summed E-state index contributed by atoms with van der Waals surface area (Å²) in [6.07, 6.45) is 4.11. The summed E-state index contributed by atoms with van der Waals surface area (Å²) >= 11 is 15.2. The van der Waals surface area contributed by atoms with Gasteiger partial charge in [-0.1, -0.05) is 53.2 Å². The van der Waals surface area contributed by atoms with Gasteiger partial charge in [0.2, 0.25) is 5.78 Å². The van der Waals surface area contributed by atoms with E-state index in [0.717, 1.165) is 41.8 Å². The normalized spacial score (nSPS) is 13.1. The molecule has 0 fully saturated rings. The molecule has 0 spiro atoms. The van der Waals surface area contributed by atoms with E-state index in [2.05, 4.69) is 0 Å². The number of carbonyl (C=O) groups excluding carboxylic acids is 1. The van der Waals surface area contributed by atoms with Crippen molar-refractivity contribution in [3.05, 3.63) is 97.3 Å². The predicted octanol–water partition coefficient (Wildman–Crippen LogP) is 7.87. The minimum atomic E-state index is -0.214. The number of halogens is 2. The molecular formula is C28H20Cl2N2O3S2. The van der Waals surface area contributed by atoms with Crippen LogP contribution in [0, 0.1) is 0 Å². The van der Waals surface area contributed by atoms with E-state index in [1.165, 1.54) is 16.6 Å². The van der Waals surface area contributed by atoms with Crippen LogP contribution in [0.1, 0.15) is 33.8 Å². The topological polar surface area (TPSA) is 65.1 Å². The standard InChI is InChI=1S/C28H20Cl2N2O3S2/c29-16-10-11-20(30)19(14-16)22-12-13-23(35-22)21(33)15-36-28-31-26-25(18-8-4-5-9-24(18)37-26)27(34)32(28)17-6-2-1-3-7-17/h1-3,6-7,10-14H,4-5,8-9,15H2. The van der Waals surface area contributed by atoms with E-state index in [0.29, 0.717) is 31.9 Å². The smallest absolute Gasteiger partial charge is 0.267 e. The molecule has 5 aromatic rings. The third kappa shape index (κ3) is 4.66. The molecule has 5 nitrogen and oxygen atoms in total. The third-order valence-corrected chi connectivity index (χ3v) is 9.07. The van der Waals surface area contributed by atoms with Gasteiger partial charge in [0, 0.05) is 15.5 Å². The molecule has 3 heterocycles. The Bertz CT molecular complexity index is 1710.